The molecular formula is C14H18BrN3O2. The monoisotopic (exact) mass is 339 g/mol. The highest BCUT2D eigenvalue weighted by molar-refractivity contribution is 9.10. The molecule has 1 aliphatic rings. The Morgan fingerprint density at radius 3 is 2.95 bits per heavy atom. The van der Waals surface area contributed by atoms with Crippen LogP contribution in [0.4, 0.5) is 0 Å². The smallest absolute Gasteiger partial charge is 0.136 e. The Hall–Kier alpha value is -1.14. The second-order valence-corrected chi connectivity index (χ2v) is 6.14. The van der Waals surface area contributed by atoms with Crippen LogP contribution in [0.2, 0.25) is 0 Å². The van der Waals surface area contributed by atoms with Crippen molar-refractivity contribution in [1.82, 2.24) is 15.0 Å². The highest BCUT2D eigenvalue weighted by Crippen LogP contribution is 2.35. The number of halogens is 1. The summed E-state index contributed by atoms with van der Waals surface area (Å²) < 4.78 is 13.8. The van der Waals surface area contributed by atoms with Crippen molar-refractivity contribution in [3.63, 3.8) is 0 Å². The van der Waals surface area contributed by atoms with Gasteiger partial charge in [-0.25, -0.2) is 4.68 Å². The molecule has 1 unspecified atom stereocenters. The molecule has 0 amide bonds. The maximum atomic E-state index is 5.85. The molecule has 108 valence electrons. The molecule has 6 heteroatoms. The van der Waals surface area contributed by atoms with E-state index in [4.69, 9.17) is 9.47 Å². The van der Waals surface area contributed by atoms with Crippen LogP contribution >= 0.6 is 15.9 Å². The maximum absolute atomic E-state index is 5.85. The third-order valence-electron chi connectivity index (χ3n) is 3.45. The van der Waals surface area contributed by atoms with Gasteiger partial charge in [0, 0.05) is 13.7 Å². The summed E-state index contributed by atoms with van der Waals surface area (Å²) in [6.45, 7) is 3.49. The number of ether oxygens (including phenoxy) is 2. The summed E-state index contributed by atoms with van der Waals surface area (Å²) in [5.74, 6) is 1.55. The van der Waals surface area contributed by atoms with Crippen LogP contribution in [0, 0.1) is 5.92 Å². The van der Waals surface area contributed by atoms with Gasteiger partial charge in [0.2, 0.25) is 0 Å². The van der Waals surface area contributed by atoms with E-state index in [0.717, 1.165) is 33.7 Å². The molecule has 0 spiro atoms. The molecular weight excluding hydrogens is 322 g/mol. The predicted octanol–water partition coefficient (Wildman–Crippen LogP) is 3.02. The second-order valence-electron chi connectivity index (χ2n) is 5.34. The summed E-state index contributed by atoms with van der Waals surface area (Å²) in [6.07, 6.45) is 2.60. The molecule has 1 aromatic heterocycles. The lowest BCUT2D eigenvalue weighted by Gasteiger charge is -2.15. The van der Waals surface area contributed by atoms with Gasteiger partial charge in [-0.2, -0.15) is 0 Å². The zero-order chi connectivity index (χ0) is 14.1. The van der Waals surface area contributed by atoms with Crippen LogP contribution < -0.4 is 4.74 Å². The van der Waals surface area contributed by atoms with Crippen molar-refractivity contribution in [3.8, 4) is 5.75 Å². The Kier molecular flexibility index (Phi) is 3.94. The summed E-state index contributed by atoms with van der Waals surface area (Å²) in [6, 6.07) is 3.99. The summed E-state index contributed by atoms with van der Waals surface area (Å²) in [4.78, 5) is 0. The van der Waals surface area contributed by atoms with Crippen LogP contribution in [0.25, 0.3) is 11.0 Å². The Bertz CT molecular complexity index is 610. The fourth-order valence-corrected chi connectivity index (χ4v) is 2.75. The van der Waals surface area contributed by atoms with Gasteiger partial charge in [-0.3, -0.25) is 0 Å². The molecule has 0 radical (unpaired) electrons. The van der Waals surface area contributed by atoms with Crippen molar-refractivity contribution in [2.75, 3.05) is 13.7 Å². The molecule has 1 heterocycles. The van der Waals surface area contributed by atoms with Crippen LogP contribution in [-0.4, -0.2) is 34.8 Å². The summed E-state index contributed by atoms with van der Waals surface area (Å²) in [7, 11) is 1.67. The van der Waals surface area contributed by atoms with E-state index in [-0.39, 0.29) is 6.10 Å². The van der Waals surface area contributed by atoms with Crippen LogP contribution in [-0.2, 0) is 11.3 Å². The van der Waals surface area contributed by atoms with Gasteiger partial charge >= 0.3 is 0 Å². The fourth-order valence-electron chi connectivity index (χ4n) is 2.24. The van der Waals surface area contributed by atoms with Gasteiger partial charge in [0.15, 0.2) is 0 Å². The molecule has 0 aliphatic heterocycles. The third-order valence-corrected chi connectivity index (χ3v) is 4.21. The van der Waals surface area contributed by atoms with Crippen LogP contribution in [0.5, 0.6) is 5.75 Å². The summed E-state index contributed by atoms with van der Waals surface area (Å²) in [5.41, 5.74) is 1.91. The molecule has 1 fully saturated rings. The first-order valence-electron chi connectivity index (χ1n) is 6.86. The van der Waals surface area contributed by atoms with Crippen LogP contribution in [0.1, 0.15) is 19.8 Å². The van der Waals surface area contributed by atoms with Gasteiger partial charge < -0.3 is 9.47 Å². The predicted molar refractivity (Wildman–Crippen MR) is 79.9 cm³/mol. The van der Waals surface area contributed by atoms with E-state index in [1.165, 1.54) is 12.8 Å². The van der Waals surface area contributed by atoms with Crippen molar-refractivity contribution in [1.29, 1.82) is 0 Å². The normalized spacial score (nSPS) is 16.6. The SMILES string of the molecule is COCC(C)Oc1ccc2c(nnn2CC2CC2)c1Br. The Morgan fingerprint density at radius 2 is 2.25 bits per heavy atom. The molecule has 1 saturated carbocycles. The standard InChI is InChI=1S/C14H18BrN3O2/c1-9(8-19-2)20-12-6-5-11-14(13(12)15)16-17-18(11)7-10-3-4-10/h5-6,9-10H,3-4,7-8H2,1-2H3. The highest BCUT2D eigenvalue weighted by Gasteiger charge is 2.24. The average molecular weight is 340 g/mol. The molecule has 5 nitrogen and oxygen atoms in total. The fraction of sp³-hybridized carbons (Fsp3) is 0.571. The minimum absolute atomic E-state index is 0.00439. The number of nitrogens with zero attached hydrogens (tertiary/aromatic N) is 3. The average Bonchev–Trinajstić information content (AvgIpc) is 3.13. The number of hydrogen-bond donors (Lipinski definition) is 0. The second kappa shape index (κ2) is 5.69. The van der Waals surface area contributed by atoms with E-state index in [9.17, 15) is 0 Å². The first kappa shape index (κ1) is 13.8. The van der Waals surface area contributed by atoms with Gasteiger partial charge in [-0.15, -0.1) is 5.10 Å². The lowest BCUT2D eigenvalue weighted by atomic mass is 10.3. The Balaban J connectivity index is 1.86. The quantitative estimate of drug-likeness (QED) is 0.811. The van der Waals surface area contributed by atoms with Crippen molar-refractivity contribution in [2.24, 2.45) is 5.92 Å². The highest BCUT2D eigenvalue weighted by atomic mass is 79.9. The largest absolute Gasteiger partial charge is 0.487 e. The van der Waals surface area contributed by atoms with Crippen molar-refractivity contribution < 1.29 is 9.47 Å². The van der Waals surface area contributed by atoms with Gasteiger partial charge in [-0.05, 0) is 53.7 Å². The van der Waals surface area contributed by atoms with Gasteiger partial charge in [0.05, 0.1) is 16.6 Å². The van der Waals surface area contributed by atoms with Crippen molar-refractivity contribution in [2.45, 2.75) is 32.4 Å². The van der Waals surface area contributed by atoms with Crippen molar-refractivity contribution in [3.05, 3.63) is 16.6 Å². The lowest BCUT2D eigenvalue weighted by molar-refractivity contribution is 0.0917. The molecule has 0 N–H and O–H groups in total. The zero-order valence-electron chi connectivity index (χ0n) is 11.7. The Labute approximate surface area is 126 Å². The molecule has 1 aliphatic carbocycles. The lowest BCUT2D eigenvalue weighted by Crippen LogP contribution is -2.18. The zero-order valence-corrected chi connectivity index (χ0v) is 13.3. The third kappa shape index (κ3) is 2.81. The van der Waals surface area contributed by atoms with Crippen LogP contribution in [0.15, 0.2) is 16.6 Å². The summed E-state index contributed by atoms with van der Waals surface area (Å²) in [5, 5.41) is 8.52. The van der Waals surface area contributed by atoms with E-state index in [1.54, 1.807) is 7.11 Å². The molecule has 1 aromatic carbocycles. The van der Waals surface area contributed by atoms with E-state index in [0.29, 0.717) is 6.61 Å². The number of aromatic nitrogens is 3. The number of benzene rings is 1. The van der Waals surface area contributed by atoms with E-state index < -0.39 is 0 Å². The molecule has 1 atom stereocenters. The molecule has 0 saturated heterocycles. The van der Waals surface area contributed by atoms with E-state index in [2.05, 4.69) is 26.2 Å². The molecule has 2 aromatic rings. The van der Waals surface area contributed by atoms with Gasteiger partial charge in [-0.1, -0.05) is 5.21 Å². The first-order chi connectivity index (χ1) is 9.69. The molecule has 20 heavy (non-hydrogen) atoms. The van der Waals surface area contributed by atoms with Gasteiger partial charge in [0.1, 0.15) is 17.4 Å². The first-order valence-corrected chi connectivity index (χ1v) is 7.65. The number of rotatable bonds is 6. The number of fused-ring (bicyclic) bond motifs is 1. The minimum Gasteiger partial charge on any atom is -0.487 e. The summed E-state index contributed by atoms with van der Waals surface area (Å²) >= 11 is 3.57. The van der Waals surface area contributed by atoms with E-state index >= 15 is 0 Å². The van der Waals surface area contributed by atoms with E-state index in [1.807, 2.05) is 23.7 Å². The Morgan fingerprint density at radius 1 is 1.45 bits per heavy atom. The van der Waals surface area contributed by atoms with Crippen LogP contribution in [0.3, 0.4) is 0 Å². The molecule has 3 rings (SSSR count). The number of methoxy groups -OCH3 is 1. The van der Waals surface area contributed by atoms with Gasteiger partial charge in [0.25, 0.3) is 0 Å². The maximum Gasteiger partial charge on any atom is 0.136 e. The minimum atomic E-state index is -0.00439. The van der Waals surface area contributed by atoms with Crippen molar-refractivity contribution >= 4 is 27.0 Å². The number of hydrogen-bond acceptors (Lipinski definition) is 4. The molecule has 0 bridgehead atoms. The topological polar surface area (TPSA) is 49.2 Å².